The molecular weight excluding hydrogens is 458 g/mol. The summed E-state index contributed by atoms with van der Waals surface area (Å²) >= 11 is 12.2. The molecule has 0 aliphatic rings. The van der Waals surface area contributed by atoms with Gasteiger partial charge in [0.2, 0.25) is 11.7 Å². The van der Waals surface area contributed by atoms with E-state index in [4.69, 9.17) is 23.2 Å². The molecule has 0 saturated heterocycles. The maximum atomic E-state index is 12.8. The van der Waals surface area contributed by atoms with Gasteiger partial charge in [-0.15, -0.1) is 23.4 Å². The Kier molecular flexibility index (Phi) is 7.01. The molecule has 1 aromatic heterocycles. The Morgan fingerprint density at radius 3 is 2.58 bits per heavy atom. The van der Waals surface area contributed by atoms with Crippen LogP contribution in [-0.4, -0.2) is 32.9 Å². The Labute approximate surface area is 185 Å². The number of amides is 1. The SMILES string of the molecule is CCCC(=O)N(Cc1ccc(OC(F)(F)F)c(Cl)c1)c1cc(Cl)cc(-c2nn[nH]n2)c1. The number of benzene rings is 2. The van der Waals surface area contributed by atoms with Gasteiger partial charge in [0.05, 0.1) is 11.6 Å². The molecule has 3 rings (SSSR count). The van der Waals surface area contributed by atoms with E-state index in [-0.39, 0.29) is 23.9 Å². The van der Waals surface area contributed by atoms with Crippen molar-refractivity contribution in [3.05, 3.63) is 52.0 Å². The third-order valence-electron chi connectivity index (χ3n) is 4.13. The van der Waals surface area contributed by atoms with Crippen LogP contribution in [0.3, 0.4) is 0 Å². The second kappa shape index (κ2) is 9.52. The molecule has 0 saturated carbocycles. The van der Waals surface area contributed by atoms with E-state index in [2.05, 4.69) is 25.4 Å². The molecule has 12 heteroatoms. The molecule has 2 aromatic carbocycles. The quantitative estimate of drug-likeness (QED) is 0.496. The molecule has 1 amide bonds. The first-order valence-electron chi connectivity index (χ1n) is 9.05. The minimum Gasteiger partial charge on any atom is -0.404 e. The van der Waals surface area contributed by atoms with Crippen LogP contribution in [0.15, 0.2) is 36.4 Å². The van der Waals surface area contributed by atoms with E-state index < -0.39 is 12.1 Å². The van der Waals surface area contributed by atoms with Crippen LogP contribution < -0.4 is 9.64 Å². The monoisotopic (exact) mass is 473 g/mol. The van der Waals surface area contributed by atoms with Gasteiger partial charge in [0.15, 0.2) is 0 Å². The molecule has 164 valence electrons. The fourth-order valence-corrected chi connectivity index (χ4v) is 3.32. The molecule has 0 atom stereocenters. The minimum absolute atomic E-state index is 0.0525. The maximum Gasteiger partial charge on any atom is 0.573 e. The van der Waals surface area contributed by atoms with Crippen molar-refractivity contribution in [2.75, 3.05) is 4.90 Å². The van der Waals surface area contributed by atoms with Gasteiger partial charge in [-0.1, -0.05) is 36.2 Å². The average molecular weight is 474 g/mol. The second-order valence-corrected chi connectivity index (χ2v) is 7.32. The highest BCUT2D eigenvalue weighted by molar-refractivity contribution is 6.32. The summed E-state index contributed by atoms with van der Waals surface area (Å²) in [5, 5.41) is 13.8. The summed E-state index contributed by atoms with van der Waals surface area (Å²) < 4.78 is 41.3. The number of carbonyl (C=O) groups excluding carboxylic acids is 1. The molecule has 1 heterocycles. The standard InChI is InChI=1S/C19H16Cl2F3N5O2/c1-2-3-17(30)29(10-11-4-5-16(15(21)6-11)31-19(22,23)24)14-8-12(7-13(20)9-14)18-25-27-28-26-18/h4-9H,2-3,10H2,1H3,(H,25,26,27,28). The molecule has 0 aliphatic carbocycles. The highest BCUT2D eigenvalue weighted by atomic mass is 35.5. The van der Waals surface area contributed by atoms with Crippen LogP contribution in [0.4, 0.5) is 18.9 Å². The van der Waals surface area contributed by atoms with Gasteiger partial charge in [0.1, 0.15) is 5.75 Å². The van der Waals surface area contributed by atoms with E-state index in [9.17, 15) is 18.0 Å². The van der Waals surface area contributed by atoms with Crippen LogP contribution in [0.5, 0.6) is 5.75 Å². The lowest BCUT2D eigenvalue weighted by atomic mass is 10.1. The van der Waals surface area contributed by atoms with Gasteiger partial charge in [-0.05, 0) is 47.5 Å². The largest absolute Gasteiger partial charge is 0.573 e. The van der Waals surface area contributed by atoms with Gasteiger partial charge in [-0.2, -0.15) is 5.21 Å². The van der Waals surface area contributed by atoms with Gasteiger partial charge in [0.25, 0.3) is 0 Å². The average Bonchev–Trinajstić information content (AvgIpc) is 3.22. The number of aromatic nitrogens is 4. The lowest BCUT2D eigenvalue weighted by Gasteiger charge is -2.24. The molecule has 7 nitrogen and oxygen atoms in total. The first kappa shape index (κ1) is 22.8. The second-order valence-electron chi connectivity index (χ2n) is 6.48. The number of ether oxygens (including phenoxy) is 1. The Balaban J connectivity index is 1.94. The lowest BCUT2D eigenvalue weighted by Crippen LogP contribution is -2.30. The highest BCUT2D eigenvalue weighted by Gasteiger charge is 2.32. The molecule has 0 aliphatic heterocycles. The minimum atomic E-state index is -4.86. The van der Waals surface area contributed by atoms with Crippen molar-refractivity contribution in [3.8, 4) is 17.1 Å². The number of aromatic amines is 1. The maximum absolute atomic E-state index is 12.8. The van der Waals surface area contributed by atoms with E-state index in [0.29, 0.717) is 34.1 Å². The van der Waals surface area contributed by atoms with Crippen LogP contribution in [-0.2, 0) is 11.3 Å². The fraction of sp³-hybridized carbons (Fsp3) is 0.263. The summed E-state index contributed by atoms with van der Waals surface area (Å²) in [4.78, 5) is 14.3. The normalized spacial score (nSPS) is 11.4. The summed E-state index contributed by atoms with van der Waals surface area (Å²) in [7, 11) is 0. The van der Waals surface area contributed by atoms with E-state index in [1.165, 1.54) is 17.0 Å². The highest BCUT2D eigenvalue weighted by Crippen LogP contribution is 2.33. The lowest BCUT2D eigenvalue weighted by molar-refractivity contribution is -0.274. The number of halogens is 5. The molecule has 31 heavy (non-hydrogen) atoms. The number of hydrogen-bond acceptors (Lipinski definition) is 5. The van der Waals surface area contributed by atoms with Crippen molar-refractivity contribution in [1.82, 2.24) is 20.6 Å². The molecular formula is C19H16Cl2F3N5O2. The number of H-pyrrole nitrogens is 1. The predicted octanol–water partition coefficient (Wildman–Crippen LogP) is 5.41. The number of hydrogen-bond donors (Lipinski definition) is 1. The third kappa shape index (κ3) is 6.08. The summed E-state index contributed by atoms with van der Waals surface area (Å²) in [5.41, 5.74) is 1.51. The molecule has 0 bridgehead atoms. The molecule has 0 radical (unpaired) electrons. The van der Waals surface area contributed by atoms with E-state index >= 15 is 0 Å². The Hall–Kier alpha value is -2.85. The zero-order valence-electron chi connectivity index (χ0n) is 16.1. The predicted molar refractivity (Wildman–Crippen MR) is 109 cm³/mol. The number of nitrogens with one attached hydrogen (secondary N) is 1. The summed E-state index contributed by atoms with van der Waals surface area (Å²) in [6.45, 7) is 1.91. The third-order valence-corrected chi connectivity index (χ3v) is 4.64. The van der Waals surface area contributed by atoms with Crippen LogP contribution in [0.25, 0.3) is 11.4 Å². The number of tetrazole rings is 1. The Morgan fingerprint density at radius 1 is 1.19 bits per heavy atom. The summed E-state index contributed by atoms with van der Waals surface area (Å²) in [6, 6.07) is 8.73. The van der Waals surface area contributed by atoms with Crippen molar-refractivity contribution in [3.63, 3.8) is 0 Å². The smallest absolute Gasteiger partial charge is 0.404 e. The van der Waals surface area contributed by atoms with Crippen LogP contribution in [0, 0.1) is 0 Å². The van der Waals surface area contributed by atoms with E-state index in [1.807, 2.05) is 6.92 Å². The van der Waals surface area contributed by atoms with Crippen LogP contribution >= 0.6 is 23.2 Å². The Bertz CT molecular complexity index is 1060. The number of nitrogens with zero attached hydrogens (tertiary/aromatic N) is 4. The summed E-state index contributed by atoms with van der Waals surface area (Å²) in [5.74, 6) is -0.426. The van der Waals surface area contributed by atoms with Crippen molar-refractivity contribution in [2.45, 2.75) is 32.7 Å². The first-order chi connectivity index (χ1) is 14.7. The van der Waals surface area contributed by atoms with Crippen LogP contribution in [0.2, 0.25) is 10.0 Å². The molecule has 3 aromatic rings. The zero-order valence-corrected chi connectivity index (χ0v) is 17.6. The number of rotatable bonds is 7. The topological polar surface area (TPSA) is 84.0 Å². The number of anilines is 1. The number of carbonyl (C=O) groups is 1. The van der Waals surface area contributed by atoms with E-state index in [1.54, 1.807) is 18.2 Å². The number of alkyl halides is 3. The van der Waals surface area contributed by atoms with Crippen molar-refractivity contribution in [1.29, 1.82) is 0 Å². The van der Waals surface area contributed by atoms with Gasteiger partial charge in [-0.25, -0.2) is 0 Å². The fourth-order valence-electron chi connectivity index (χ4n) is 2.85. The van der Waals surface area contributed by atoms with Gasteiger partial charge in [0, 0.05) is 22.7 Å². The molecule has 1 N–H and O–H groups in total. The van der Waals surface area contributed by atoms with Gasteiger partial charge in [-0.3, -0.25) is 4.79 Å². The molecule has 0 unspecified atom stereocenters. The zero-order chi connectivity index (χ0) is 22.6. The van der Waals surface area contributed by atoms with Gasteiger partial charge >= 0.3 is 6.36 Å². The Morgan fingerprint density at radius 2 is 1.97 bits per heavy atom. The summed E-state index contributed by atoms with van der Waals surface area (Å²) in [6.07, 6.45) is -4.00. The van der Waals surface area contributed by atoms with Crippen molar-refractivity contribution >= 4 is 34.8 Å². The first-order valence-corrected chi connectivity index (χ1v) is 9.81. The van der Waals surface area contributed by atoms with Gasteiger partial charge < -0.3 is 9.64 Å². The van der Waals surface area contributed by atoms with E-state index in [0.717, 1.165) is 6.07 Å². The molecule has 0 spiro atoms. The van der Waals surface area contributed by atoms with Crippen molar-refractivity contribution < 1.29 is 22.7 Å². The van der Waals surface area contributed by atoms with Crippen LogP contribution in [0.1, 0.15) is 25.3 Å². The molecule has 0 fully saturated rings. The van der Waals surface area contributed by atoms with Crippen molar-refractivity contribution in [2.24, 2.45) is 0 Å².